The number of nitrogens with one attached hydrogen (secondary N) is 1. The minimum absolute atomic E-state index is 0.0718. The van der Waals surface area contributed by atoms with Gasteiger partial charge in [0.15, 0.2) is 11.6 Å². The van der Waals surface area contributed by atoms with Gasteiger partial charge in [-0.25, -0.2) is 8.78 Å². The highest BCUT2D eigenvalue weighted by Crippen LogP contribution is 2.20. The molecule has 0 saturated carbocycles. The third-order valence-corrected chi connectivity index (χ3v) is 3.39. The molecular weight excluding hydrogens is 288 g/mol. The van der Waals surface area contributed by atoms with Crippen LogP contribution in [0.25, 0.3) is 0 Å². The van der Waals surface area contributed by atoms with Gasteiger partial charge in [0.1, 0.15) is 0 Å². The maximum atomic E-state index is 13.7. The summed E-state index contributed by atoms with van der Waals surface area (Å²) in [6.45, 7) is 1.56. The third-order valence-electron chi connectivity index (χ3n) is 3.39. The number of carbonyl (C=O) groups is 1. The minimum atomic E-state index is -0.973. The van der Waals surface area contributed by atoms with Gasteiger partial charge in [-0.1, -0.05) is 42.5 Å². The molecule has 2 aromatic rings. The topological polar surface area (TPSA) is 49.3 Å². The molecule has 22 heavy (non-hydrogen) atoms. The lowest BCUT2D eigenvalue weighted by Gasteiger charge is -2.17. The van der Waals surface area contributed by atoms with Gasteiger partial charge in [-0.3, -0.25) is 4.79 Å². The lowest BCUT2D eigenvalue weighted by atomic mass is 10.0. The molecule has 2 aromatic carbocycles. The smallest absolute Gasteiger partial charge is 0.223 e. The zero-order chi connectivity index (χ0) is 16.1. The Kier molecular flexibility index (Phi) is 5.22. The van der Waals surface area contributed by atoms with Crippen LogP contribution in [0.2, 0.25) is 0 Å². The Balaban J connectivity index is 1.98. The predicted molar refractivity (Wildman–Crippen MR) is 78.9 cm³/mol. The van der Waals surface area contributed by atoms with Crippen LogP contribution >= 0.6 is 0 Å². The van der Waals surface area contributed by atoms with Crippen molar-refractivity contribution in [2.24, 2.45) is 0 Å². The van der Waals surface area contributed by atoms with Crippen LogP contribution in [0.3, 0.4) is 0 Å². The van der Waals surface area contributed by atoms with E-state index in [0.29, 0.717) is 5.56 Å². The maximum absolute atomic E-state index is 13.7. The maximum Gasteiger partial charge on any atom is 0.223 e. The fourth-order valence-corrected chi connectivity index (χ4v) is 2.20. The van der Waals surface area contributed by atoms with Crippen LogP contribution in [0.1, 0.15) is 36.6 Å². The summed E-state index contributed by atoms with van der Waals surface area (Å²) in [5, 5.41) is 12.5. The van der Waals surface area contributed by atoms with Crippen LogP contribution in [0.15, 0.2) is 48.5 Å². The first-order valence-electron chi connectivity index (χ1n) is 6.95. The van der Waals surface area contributed by atoms with Crippen LogP contribution < -0.4 is 5.32 Å². The van der Waals surface area contributed by atoms with Crippen molar-refractivity contribution in [3.8, 4) is 0 Å². The number of hydrogen-bond donors (Lipinski definition) is 2. The van der Waals surface area contributed by atoms with Gasteiger partial charge >= 0.3 is 0 Å². The fraction of sp³-hybridized carbons (Fsp3) is 0.235. The summed E-state index contributed by atoms with van der Waals surface area (Å²) in [4.78, 5) is 11.9. The van der Waals surface area contributed by atoms with E-state index in [1.54, 1.807) is 31.2 Å². The molecule has 0 radical (unpaired) electrons. The summed E-state index contributed by atoms with van der Waals surface area (Å²) >= 11 is 0. The van der Waals surface area contributed by atoms with Crippen molar-refractivity contribution in [1.29, 1.82) is 0 Å². The summed E-state index contributed by atoms with van der Waals surface area (Å²) in [5.74, 6) is -2.37. The number of aliphatic hydroxyl groups excluding tert-OH is 1. The van der Waals surface area contributed by atoms with Crippen molar-refractivity contribution in [3.05, 3.63) is 71.3 Å². The van der Waals surface area contributed by atoms with E-state index in [0.717, 1.165) is 6.07 Å². The molecular formula is C17H17F2NO2. The first-order chi connectivity index (χ1) is 10.5. The molecule has 2 N–H and O–H groups in total. The number of rotatable bonds is 5. The van der Waals surface area contributed by atoms with Crippen LogP contribution in [-0.4, -0.2) is 11.0 Å². The highest BCUT2D eigenvalue weighted by atomic mass is 19.2. The van der Waals surface area contributed by atoms with Gasteiger partial charge in [0.2, 0.25) is 5.91 Å². The molecule has 0 bridgehead atoms. The van der Waals surface area contributed by atoms with E-state index in [1.807, 2.05) is 6.07 Å². The lowest BCUT2D eigenvalue weighted by Crippen LogP contribution is -2.28. The Bertz CT molecular complexity index is 646. The Morgan fingerprint density at radius 3 is 2.50 bits per heavy atom. The van der Waals surface area contributed by atoms with Crippen molar-refractivity contribution in [2.45, 2.75) is 25.5 Å². The molecule has 5 heteroatoms. The predicted octanol–water partition coefficient (Wildman–Crippen LogP) is 3.27. The molecule has 0 spiro atoms. The number of benzene rings is 2. The number of carbonyl (C=O) groups excluding carboxylic acids is 1. The van der Waals surface area contributed by atoms with E-state index in [1.165, 1.54) is 12.1 Å². The van der Waals surface area contributed by atoms with E-state index >= 15 is 0 Å². The number of halogens is 2. The molecule has 116 valence electrons. The van der Waals surface area contributed by atoms with Gasteiger partial charge in [0, 0.05) is 5.56 Å². The molecule has 2 unspecified atom stereocenters. The Morgan fingerprint density at radius 2 is 1.82 bits per heavy atom. The van der Waals surface area contributed by atoms with Crippen LogP contribution in [0.5, 0.6) is 0 Å². The van der Waals surface area contributed by atoms with Gasteiger partial charge in [-0.2, -0.15) is 0 Å². The summed E-state index contributed by atoms with van der Waals surface area (Å²) in [5.41, 5.74) is 0.699. The lowest BCUT2D eigenvalue weighted by molar-refractivity contribution is -0.123. The summed E-state index contributed by atoms with van der Waals surface area (Å²) in [6.07, 6.45) is -1.09. The number of aliphatic hydroxyl groups is 1. The third kappa shape index (κ3) is 3.89. The standard InChI is InChI=1S/C17H17F2NO2/c1-11(13-8-5-9-14(18)17(13)19)20-16(22)10-15(21)12-6-3-2-4-7-12/h2-9,11,15,21H,10H2,1H3,(H,20,22). The largest absolute Gasteiger partial charge is 0.388 e. The number of amides is 1. The molecule has 0 aliphatic heterocycles. The summed E-state index contributed by atoms with van der Waals surface area (Å²) in [7, 11) is 0. The highest BCUT2D eigenvalue weighted by Gasteiger charge is 2.18. The van der Waals surface area contributed by atoms with E-state index < -0.39 is 29.7 Å². The average Bonchev–Trinajstić information content (AvgIpc) is 2.50. The number of hydrogen-bond acceptors (Lipinski definition) is 2. The van der Waals surface area contributed by atoms with Gasteiger partial charge in [-0.05, 0) is 18.6 Å². The van der Waals surface area contributed by atoms with Gasteiger partial charge in [0.05, 0.1) is 18.6 Å². The van der Waals surface area contributed by atoms with E-state index in [4.69, 9.17) is 0 Å². The van der Waals surface area contributed by atoms with Crippen LogP contribution in [0.4, 0.5) is 8.78 Å². The SMILES string of the molecule is CC(NC(=O)CC(O)c1ccccc1)c1cccc(F)c1F. The Labute approximate surface area is 127 Å². The molecule has 0 aromatic heterocycles. The van der Waals surface area contributed by atoms with Gasteiger partial charge in [-0.15, -0.1) is 0 Å². The molecule has 2 rings (SSSR count). The Morgan fingerprint density at radius 1 is 1.14 bits per heavy atom. The molecule has 2 atom stereocenters. The van der Waals surface area contributed by atoms with Gasteiger partial charge < -0.3 is 10.4 Å². The summed E-state index contributed by atoms with van der Waals surface area (Å²) < 4.78 is 26.8. The molecule has 0 heterocycles. The summed E-state index contributed by atoms with van der Waals surface area (Å²) in [6, 6.07) is 11.9. The van der Waals surface area contributed by atoms with E-state index in [2.05, 4.69) is 5.32 Å². The molecule has 0 saturated heterocycles. The second-order valence-electron chi connectivity index (χ2n) is 5.06. The monoisotopic (exact) mass is 305 g/mol. The highest BCUT2D eigenvalue weighted by molar-refractivity contribution is 5.77. The van der Waals surface area contributed by atoms with Crippen LogP contribution in [0, 0.1) is 11.6 Å². The Hall–Kier alpha value is -2.27. The molecule has 0 fully saturated rings. The first-order valence-corrected chi connectivity index (χ1v) is 6.95. The molecule has 1 amide bonds. The quantitative estimate of drug-likeness (QED) is 0.891. The van der Waals surface area contributed by atoms with Crippen molar-refractivity contribution < 1.29 is 18.7 Å². The zero-order valence-corrected chi connectivity index (χ0v) is 12.1. The minimum Gasteiger partial charge on any atom is -0.388 e. The normalized spacial score (nSPS) is 13.5. The van der Waals surface area contributed by atoms with Crippen molar-refractivity contribution in [3.63, 3.8) is 0 Å². The first kappa shape index (κ1) is 16.1. The second-order valence-corrected chi connectivity index (χ2v) is 5.06. The fourth-order valence-electron chi connectivity index (χ4n) is 2.20. The van der Waals surface area contributed by atoms with Crippen molar-refractivity contribution >= 4 is 5.91 Å². The van der Waals surface area contributed by atoms with E-state index in [9.17, 15) is 18.7 Å². The average molecular weight is 305 g/mol. The van der Waals surface area contributed by atoms with Gasteiger partial charge in [0.25, 0.3) is 0 Å². The van der Waals surface area contributed by atoms with E-state index in [-0.39, 0.29) is 12.0 Å². The van der Waals surface area contributed by atoms with Crippen molar-refractivity contribution in [2.75, 3.05) is 0 Å². The zero-order valence-electron chi connectivity index (χ0n) is 12.1. The van der Waals surface area contributed by atoms with Crippen molar-refractivity contribution in [1.82, 2.24) is 5.32 Å². The molecule has 0 aliphatic carbocycles. The van der Waals surface area contributed by atoms with Crippen LogP contribution in [-0.2, 0) is 4.79 Å². The molecule has 3 nitrogen and oxygen atoms in total. The molecule has 0 aliphatic rings. The second kappa shape index (κ2) is 7.13.